The van der Waals surface area contributed by atoms with Gasteiger partial charge in [-0.15, -0.1) is 0 Å². The van der Waals surface area contributed by atoms with Gasteiger partial charge in [0.15, 0.2) is 11.5 Å². The Balaban J connectivity index is 1.22. The van der Waals surface area contributed by atoms with Crippen molar-refractivity contribution in [3.8, 4) is 17.3 Å². The lowest BCUT2D eigenvalue weighted by molar-refractivity contribution is 0.0914. The summed E-state index contributed by atoms with van der Waals surface area (Å²) in [5.74, 6) is 2.28. The van der Waals surface area contributed by atoms with Gasteiger partial charge in [0.25, 0.3) is 5.91 Å². The highest BCUT2D eigenvalue weighted by molar-refractivity contribution is 5.92. The monoisotopic (exact) mass is 462 g/mol. The van der Waals surface area contributed by atoms with Crippen LogP contribution in [0.5, 0.6) is 5.75 Å². The number of aromatic nitrogens is 1. The number of anilines is 1. The number of carbonyl (C=O) groups is 1. The van der Waals surface area contributed by atoms with Crippen molar-refractivity contribution in [2.24, 2.45) is 0 Å². The molecule has 4 heterocycles. The van der Waals surface area contributed by atoms with Crippen LogP contribution in [-0.2, 0) is 0 Å². The molecule has 0 bridgehead atoms. The van der Waals surface area contributed by atoms with E-state index in [1.165, 1.54) is 5.69 Å². The van der Waals surface area contributed by atoms with Crippen molar-refractivity contribution < 1.29 is 22.9 Å². The highest BCUT2D eigenvalue weighted by Gasteiger charge is 2.28. The molecule has 9 heteroatoms. The smallest absolute Gasteiger partial charge is 0.273 e. The van der Waals surface area contributed by atoms with Crippen LogP contribution < -0.4 is 15.0 Å². The minimum atomic E-state index is -0.310. The van der Waals surface area contributed by atoms with Crippen molar-refractivity contribution in [1.29, 1.82) is 0 Å². The van der Waals surface area contributed by atoms with E-state index in [0.717, 1.165) is 37.7 Å². The van der Waals surface area contributed by atoms with E-state index in [0.29, 0.717) is 18.1 Å². The molecule has 0 radical (unpaired) electrons. The fourth-order valence-electron chi connectivity index (χ4n) is 4.17. The second kappa shape index (κ2) is 9.88. The summed E-state index contributed by atoms with van der Waals surface area (Å²) in [6.07, 6.45) is 3.20. The third-order valence-corrected chi connectivity index (χ3v) is 6.03. The Kier molecular flexibility index (Phi) is 6.35. The molecule has 9 nitrogen and oxygen atoms in total. The number of nitrogens with one attached hydrogen (secondary N) is 1. The van der Waals surface area contributed by atoms with Crippen LogP contribution in [0.1, 0.15) is 22.3 Å². The molecule has 0 aliphatic carbocycles. The summed E-state index contributed by atoms with van der Waals surface area (Å²) in [4.78, 5) is 17.4. The highest BCUT2D eigenvalue weighted by atomic mass is 16.5. The van der Waals surface area contributed by atoms with Gasteiger partial charge in [-0.2, -0.15) is 0 Å². The third-order valence-electron chi connectivity index (χ3n) is 6.03. The van der Waals surface area contributed by atoms with Gasteiger partial charge in [0.1, 0.15) is 11.5 Å². The molecule has 0 spiro atoms. The molecule has 1 aromatic carbocycles. The van der Waals surface area contributed by atoms with E-state index in [1.54, 1.807) is 37.8 Å². The van der Waals surface area contributed by atoms with Gasteiger partial charge in [-0.05, 0) is 48.5 Å². The fraction of sp³-hybridized carbons (Fsp3) is 0.280. The second-order valence-electron chi connectivity index (χ2n) is 8.02. The van der Waals surface area contributed by atoms with E-state index < -0.39 is 0 Å². The summed E-state index contributed by atoms with van der Waals surface area (Å²) in [6, 6.07) is 16.9. The van der Waals surface area contributed by atoms with Crippen LogP contribution in [0.15, 0.2) is 80.5 Å². The van der Waals surface area contributed by atoms with Crippen molar-refractivity contribution in [1.82, 2.24) is 15.4 Å². The number of hydrogen-bond donors (Lipinski definition) is 1. The van der Waals surface area contributed by atoms with Crippen LogP contribution in [-0.4, -0.2) is 55.8 Å². The lowest BCUT2D eigenvalue weighted by Gasteiger charge is -2.39. The summed E-state index contributed by atoms with van der Waals surface area (Å²) in [7, 11) is 1.67. The van der Waals surface area contributed by atoms with Crippen LogP contribution >= 0.6 is 0 Å². The Bertz CT molecular complexity index is 1180. The average molecular weight is 463 g/mol. The van der Waals surface area contributed by atoms with Gasteiger partial charge in [0.05, 0.1) is 25.7 Å². The molecule has 1 atom stereocenters. The molecular weight excluding hydrogens is 436 g/mol. The van der Waals surface area contributed by atoms with E-state index >= 15 is 0 Å². The summed E-state index contributed by atoms with van der Waals surface area (Å²) >= 11 is 0. The molecule has 0 saturated carbocycles. The summed E-state index contributed by atoms with van der Waals surface area (Å²) in [6.45, 7) is 3.79. The summed E-state index contributed by atoms with van der Waals surface area (Å²) in [5, 5.41) is 6.86. The molecule has 5 rings (SSSR count). The molecule has 176 valence electrons. The fourth-order valence-corrected chi connectivity index (χ4v) is 4.17. The summed E-state index contributed by atoms with van der Waals surface area (Å²) in [5.41, 5.74) is 1.37. The lowest BCUT2D eigenvalue weighted by atomic mass is 10.1. The van der Waals surface area contributed by atoms with Gasteiger partial charge >= 0.3 is 0 Å². The molecule has 3 aromatic heterocycles. The van der Waals surface area contributed by atoms with Crippen LogP contribution in [0.2, 0.25) is 0 Å². The topological polar surface area (TPSA) is 97.1 Å². The number of amides is 1. The van der Waals surface area contributed by atoms with E-state index in [9.17, 15) is 4.79 Å². The molecule has 1 N–H and O–H groups in total. The predicted octanol–water partition coefficient (Wildman–Crippen LogP) is 3.83. The maximum atomic E-state index is 12.7. The van der Waals surface area contributed by atoms with Crippen molar-refractivity contribution >= 4 is 11.6 Å². The van der Waals surface area contributed by atoms with Crippen LogP contribution in [0.25, 0.3) is 11.5 Å². The van der Waals surface area contributed by atoms with Gasteiger partial charge in [0, 0.05) is 44.5 Å². The molecule has 1 unspecified atom stereocenters. The first-order valence-corrected chi connectivity index (χ1v) is 11.2. The number of piperazine rings is 1. The number of hydrogen-bond acceptors (Lipinski definition) is 8. The largest absolute Gasteiger partial charge is 0.497 e. The molecule has 1 amide bonds. The van der Waals surface area contributed by atoms with Gasteiger partial charge in [-0.25, -0.2) is 0 Å². The number of nitrogens with zero attached hydrogens (tertiary/aromatic N) is 3. The normalized spacial score (nSPS) is 15.3. The maximum Gasteiger partial charge on any atom is 0.273 e. The molecular formula is C25H26N4O5. The number of rotatable bonds is 8. The molecule has 1 aliphatic heterocycles. The first kappa shape index (κ1) is 21.8. The minimum absolute atomic E-state index is 0.0894. The standard InChI is InChI=1S/C25H26N4O5/c1-31-19-8-6-18(7-9-19)28-10-12-29(13-11-28)21(22-4-2-14-32-22)17-26-25(30)20-16-24(34-27-20)23-5-3-15-33-23/h2-9,14-16,21H,10-13,17H2,1H3,(H,26,30). The zero-order valence-electron chi connectivity index (χ0n) is 18.8. The Morgan fingerprint density at radius 2 is 1.79 bits per heavy atom. The van der Waals surface area contributed by atoms with E-state index in [1.807, 2.05) is 24.3 Å². The Morgan fingerprint density at radius 1 is 1.03 bits per heavy atom. The Hall–Kier alpha value is -3.98. The number of carbonyl (C=O) groups excluding carboxylic acids is 1. The number of methoxy groups -OCH3 is 1. The number of ether oxygens (including phenoxy) is 1. The molecule has 4 aromatic rings. The zero-order valence-corrected chi connectivity index (χ0v) is 18.8. The lowest BCUT2D eigenvalue weighted by Crippen LogP contribution is -2.49. The van der Waals surface area contributed by atoms with E-state index in [-0.39, 0.29) is 17.6 Å². The van der Waals surface area contributed by atoms with Crippen molar-refractivity contribution in [2.75, 3.05) is 44.7 Å². The van der Waals surface area contributed by atoms with Crippen LogP contribution in [0, 0.1) is 0 Å². The minimum Gasteiger partial charge on any atom is -0.497 e. The molecule has 1 fully saturated rings. The van der Waals surface area contributed by atoms with Gasteiger partial charge in [-0.1, -0.05) is 5.16 Å². The number of furan rings is 2. The maximum absolute atomic E-state index is 12.7. The Morgan fingerprint density at radius 3 is 2.47 bits per heavy atom. The molecule has 1 aliphatic rings. The quantitative estimate of drug-likeness (QED) is 0.422. The zero-order chi connectivity index (χ0) is 23.3. The highest BCUT2D eigenvalue weighted by Crippen LogP contribution is 2.26. The van der Waals surface area contributed by atoms with Crippen LogP contribution in [0.3, 0.4) is 0 Å². The third kappa shape index (κ3) is 4.69. The van der Waals surface area contributed by atoms with Gasteiger partial charge in [-0.3, -0.25) is 9.69 Å². The Labute approximate surface area is 196 Å². The van der Waals surface area contributed by atoms with Gasteiger partial charge in [0.2, 0.25) is 5.76 Å². The van der Waals surface area contributed by atoms with Crippen molar-refractivity contribution in [3.63, 3.8) is 0 Å². The van der Waals surface area contributed by atoms with Crippen LogP contribution in [0.4, 0.5) is 5.69 Å². The summed E-state index contributed by atoms with van der Waals surface area (Å²) < 4.78 is 21.5. The molecule has 1 saturated heterocycles. The van der Waals surface area contributed by atoms with E-state index in [4.69, 9.17) is 18.1 Å². The first-order chi connectivity index (χ1) is 16.7. The first-order valence-electron chi connectivity index (χ1n) is 11.2. The SMILES string of the molecule is COc1ccc(N2CCN(C(CNC(=O)c3cc(-c4ccco4)on3)c3ccco3)CC2)cc1. The molecule has 34 heavy (non-hydrogen) atoms. The van der Waals surface area contributed by atoms with E-state index in [2.05, 4.69) is 32.4 Å². The number of benzene rings is 1. The van der Waals surface area contributed by atoms with Gasteiger partial charge < -0.3 is 28.3 Å². The average Bonchev–Trinajstić information content (AvgIpc) is 3.67. The van der Waals surface area contributed by atoms with Crippen molar-refractivity contribution in [2.45, 2.75) is 6.04 Å². The second-order valence-corrected chi connectivity index (χ2v) is 8.02. The van der Waals surface area contributed by atoms with Crippen molar-refractivity contribution in [3.05, 3.63) is 78.6 Å². The predicted molar refractivity (Wildman–Crippen MR) is 125 cm³/mol.